The number of halogens is 1. The fraction of sp³-hybridized carbons (Fsp3) is 0.133. The summed E-state index contributed by atoms with van der Waals surface area (Å²) in [6.07, 6.45) is 0. The van der Waals surface area contributed by atoms with E-state index in [1.807, 2.05) is 25.1 Å². The Morgan fingerprint density at radius 3 is 2.68 bits per heavy atom. The minimum Gasteiger partial charge on any atom is -0.489 e. The average Bonchev–Trinajstić information content (AvgIpc) is 2.37. The van der Waals surface area contributed by atoms with E-state index < -0.39 is 11.8 Å². The number of carboxylic acids is 1. The van der Waals surface area contributed by atoms with Crippen molar-refractivity contribution in [3.63, 3.8) is 0 Å². The Kier molecular flexibility index (Phi) is 3.80. The van der Waals surface area contributed by atoms with Gasteiger partial charge in [0.15, 0.2) is 0 Å². The molecule has 0 aliphatic rings. The van der Waals surface area contributed by atoms with Gasteiger partial charge in [0, 0.05) is 5.56 Å². The Balaban J connectivity index is 2.10. The molecule has 0 saturated heterocycles. The molecule has 3 nitrogen and oxygen atoms in total. The lowest BCUT2D eigenvalue weighted by Crippen LogP contribution is -2.02. The van der Waals surface area contributed by atoms with Gasteiger partial charge in [0.25, 0.3) is 0 Å². The summed E-state index contributed by atoms with van der Waals surface area (Å²) in [6.45, 7) is 2.00. The molecule has 19 heavy (non-hydrogen) atoms. The molecule has 0 aliphatic carbocycles. The normalized spacial score (nSPS) is 10.2. The van der Waals surface area contributed by atoms with Gasteiger partial charge in [-0.2, -0.15) is 0 Å². The van der Waals surface area contributed by atoms with E-state index in [4.69, 9.17) is 9.84 Å². The van der Waals surface area contributed by atoms with Crippen LogP contribution >= 0.6 is 0 Å². The zero-order valence-electron chi connectivity index (χ0n) is 10.4. The van der Waals surface area contributed by atoms with Crippen LogP contribution in [0.4, 0.5) is 4.39 Å². The third-order valence-corrected chi connectivity index (χ3v) is 2.68. The number of rotatable bonds is 4. The van der Waals surface area contributed by atoms with Gasteiger partial charge in [-0.3, -0.25) is 0 Å². The van der Waals surface area contributed by atoms with Gasteiger partial charge in [-0.05, 0) is 36.8 Å². The van der Waals surface area contributed by atoms with Crippen LogP contribution in [-0.2, 0) is 6.61 Å². The summed E-state index contributed by atoms with van der Waals surface area (Å²) in [4.78, 5) is 10.7. The van der Waals surface area contributed by atoms with E-state index in [1.165, 1.54) is 12.1 Å². The molecule has 0 fully saturated rings. The molecule has 0 atom stereocenters. The first-order valence-corrected chi connectivity index (χ1v) is 5.77. The van der Waals surface area contributed by atoms with Gasteiger partial charge in [0.05, 0.1) is 5.56 Å². The monoisotopic (exact) mass is 260 g/mol. The maximum Gasteiger partial charge on any atom is 0.335 e. The van der Waals surface area contributed by atoms with Gasteiger partial charge in [-0.15, -0.1) is 0 Å². The summed E-state index contributed by atoms with van der Waals surface area (Å²) in [6, 6.07) is 11.2. The van der Waals surface area contributed by atoms with Gasteiger partial charge in [-0.1, -0.05) is 18.2 Å². The largest absolute Gasteiger partial charge is 0.489 e. The number of hydrogen-bond donors (Lipinski definition) is 1. The standard InChI is InChI=1S/C15H13FO3/c1-10-3-2-4-13(7-10)19-9-12-6-5-11(15(17)18)8-14(12)16/h2-8H,9H2,1H3,(H,17,18). The zero-order chi connectivity index (χ0) is 13.8. The van der Waals surface area contributed by atoms with E-state index >= 15 is 0 Å². The Morgan fingerprint density at radius 2 is 2.05 bits per heavy atom. The molecule has 0 heterocycles. The van der Waals surface area contributed by atoms with Crippen molar-refractivity contribution in [1.29, 1.82) is 0 Å². The summed E-state index contributed by atoms with van der Waals surface area (Å²) < 4.78 is 19.1. The molecule has 2 aromatic rings. The van der Waals surface area contributed by atoms with E-state index in [9.17, 15) is 9.18 Å². The van der Waals surface area contributed by atoms with Crippen LogP contribution in [0.1, 0.15) is 21.5 Å². The number of aryl methyl sites for hydroxylation is 1. The Hall–Kier alpha value is -2.36. The Morgan fingerprint density at radius 1 is 1.26 bits per heavy atom. The van der Waals surface area contributed by atoms with Gasteiger partial charge in [0.1, 0.15) is 18.2 Å². The molecule has 1 N–H and O–H groups in total. The van der Waals surface area contributed by atoms with Gasteiger partial charge < -0.3 is 9.84 Å². The maximum atomic E-state index is 13.6. The summed E-state index contributed by atoms with van der Waals surface area (Å²) in [5.41, 5.74) is 1.31. The van der Waals surface area contributed by atoms with Crippen LogP contribution in [0.25, 0.3) is 0 Å². The van der Waals surface area contributed by atoms with Gasteiger partial charge >= 0.3 is 5.97 Å². The number of aromatic carboxylic acids is 1. The van der Waals surface area contributed by atoms with Crippen molar-refractivity contribution in [2.45, 2.75) is 13.5 Å². The third-order valence-electron chi connectivity index (χ3n) is 2.68. The fourth-order valence-electron chi connectivity index (χ4n) is 1.66. The fourth-order valence-corrected chi connectivity index (χ4v) is 1.66. The van der Waals surface area contributed by atoms with Crippen LogP contribution < -0.4 is 4.74 Å². The van der Waals surface area contributed by atoms with Gasteiger partial charge in [0.2, 0.25) is 0 Å². The van der Waals surface area contributed by atoms with Crippen LogP contribution in [0.2, 0.25) is 0 Å². The van der Waals surface area contributed by atoms with E-state index in [0.717, 1.165) is 11.6 Å². The highest BCUT2D eigenvalue weighted by molar-refractivity contribution is 5.87. The molecular formula is C15H13FO3. The van der Waals surface area contributed by atoms with Crippen LogP contribution in [0.3, 0.4) is 0 Å². The molecule has 2 aromatic carbocycles. The van der Waals surface area contributed by atoms with E-state index in [2.05, 4.69) is 0 Å². The smallest absolute Gasteiger partial charge is 0.335 e. The van der Waals surface area contributed by atoms with Crippen molar-refractivity contribution in [3.8, 4) is 5.75 Å². The third kappa shape index (κ3) is 3.31. The first-order valence-electron chi connectivity index (χ1n) is 5.77. The topological polar surface area (TPSA) is 46.5 Å². The molecule has 0 radical (unpaired) electrons. The Labute approximate surface area is 110 Å². The molecule has 0 unspecified atom stereocenters. The highest BCUT2D eigenvalue weighted by Crippen LogP contribution is 2.16. The average molecular weight is 260 g/mol. The molecular weight excluding hydrogens is 247 g/mol. The number of ether oxygens (including phenoxy) is 1. The maximum absolute atomic E-state index is 13.6. The van der Waals surface area contributed by atoms with Crippen molar-refractivity contribution < 1.29 is 19.0 Å². The quantitative estimate of drug-likeness (QED) is 0.916. The van der Waals surface area contributed by atoms with Crippen molar-refractivity contribution in [1.82, 2.24) is 0 Å². The predicted molar refractivity (Wildman–Crippen MR) is 68.9 cm³/mol. The van der Waals surface area contributed by atoms with Crippen molar-refractivity contribution in [2.75, 3.05) is 0 Å². The first kappa shape index (κ1) is 13.1. The second-order valence-corrected chi connectivity index (χ2v) is 4.22. The predicted octanol–water partition coefficient (Wildman–Crippen LogP) is 3.41. The van der Waals surface area contributed by atoms with E-state index in [0.29, 0.717) is 11.3 Å². The molecule has 0 amide bonds. The van der Waals surface area contributed by atoms with Crippen LogP contribution in [-0.4, -0.2) is 11.1 Å². The van der Waals surface area contributed by atoms with E-state index in [1.54, 1.807) is 6.07 Å². The van der Waals surface area contributed by atoms with Crippen LogP contribution in [0.5, 0.6) is 5.75 Å². The molecule has 0 bridgehead atoms. The van der Waals surface area contributed by atoms with Crippen molar-refractivity contribution in [2.24, 2.45) is 0 Å². The minimum atomic E-state index is -1.15. The molecule has 0 aromatic heterocycles. The number of benzene rings is 2. The summed E-state index contributed by atoms with van der Waals surface area (Å²) in [5.74, 6) is -1.07. The minimum absolute atomic E-state index is 0.0647. The molecule has 0 spiro atoms. The highest BCUT2D eigenvalue weighted by atomic mass is 19.1. The lowest BCUT2D eigenvalue weighted by Gasteiger charge is -2.08. The lowest BCUT2D eigenvalue weighted by molar-refractivity contribution is 0.0696. The number of carbonyl (C=O) groups is 1. The zero-order valence-corrected chi connectivity index (χ0v) is 10.4. The molecule has 0 aliphatic heterocycles. The first-order chi connectivity index (χ1) is 9.06. The van der Waals surface area contributed by atoms with E-state index in [-0.39, 0.29) is 12.2 Å². The second kappa shape index (κ2) is 5.52. The van der Waals surface area contributed by atoms with Crippen molar-refractivity contribution >= 4 is 5.97 Å². The Bertz CT molecular complexity index is 608. The molecule has 2 rings (SSSR count). The van der Waals surface area contributed by atoms with Crippen LogP contribution in [0, 0.1) is 12.7 Å². The molecule has 98 valence electrons. The highest BCUT2D eigenvalue weighted by Gasteiger charge is 2.08. The number of hydrogen-bond acceptors (Lipinski definition) is 2. The van der Waals surface area contributed by atoms with Crippen LogP contribution in [0.15, 0.2) is 42.5 Å². The molecule has 4 heteroatoms. The second-order valence-electron chi connectivity index (χ2n) is 4.22. The summed E-state index contributed by atoms with van der Waals surface area (Å²) in [5, 5.41) is 8.74. The lowest BCUT2D eigenvalue weighted by atomic mass is 10.1. The summed E-state index contributed by atoms with van der Waals surface area (Å²) >= 11 is 0. The van der Waals surface area contributed by atoms with Gasteiger partial charge in [-0.25, -0.2) is 9.18 Å². The summed E-state index contributed by atoms with van der Waals surface area (Å²) in [7, 11) is 0. The SMILES string of the molecule is Cc1cccc(OCc2ccc(C(=O)O)cc2F)c1. The molecule has 0 saturated carbocycles. The number of carboxylic acid groups (broad SMARTS) is 1. The van der Waals surface area contributed by atoms with Crippen molar-refractivity contribution in [3.05, 3.63) is 65.0 Å².